The number of hydrogen-bond donors (Lipinski definition) is 0. The zero-order valence-corrected chi connectivity index (χ0v) is 11.4. The van der Waals surface area contributed by atoms with Crippen molar-refractivity contribution in [3.63, 3.8) is 0 Å². The summed E-state index contributed by atoms with van der Waals surface area (Å²) >= 11 is 0. The molecule has 20 heavy (non-hydrogen) atoms. The summed E-state index contributed by atoms with van der Waals surface area (Å²) in [6.07, 6.45) is -4.41. The summed E-state index contributed by atoms with van der Waals surface area (Å²) < 4.78 is 45.3. The van der Waals surface area contributed by atoms with Crippen molar-refractivity contribution < 1.29 is 27.4 Å². The Bertz CT molecular complexity index is 424. The van der Waals surface area contributed by atoms with Crippen LogP contribution in [0.15, 0.2) is 24.3 Å². The van der Waals surface area contributed by atoms with Crippen LogP contribution >= 0.6 is 0 Å². The molecule has 0 aromatic heterocycles. The maximum Gasteiger partial charge on any atom is 0.411 e. The third-order valence-corrected chi connectivity index (χ3v) is 2.29. The Labute approximate surface area is 115 Å². The molecule has 1 aromatic carbocycles. The van der Waals surface area contributed by atoms with Crippen LogP contribution in [0, 0.1) is 0 Å². The largest absolute Gasteiger partial charge is 0.491 e. The maximum atomic E-state index is 11.8. The van der Waals surface area contributed by atoms with Crippen molar-refractivity contribution in [2.75, 3.05) is 13.2 Å². The van der Waals surface area contributed by atoms with E-state index in [0.29, 0.717) is 11.3 Å². The van der Waals surface area contributed by atoms with Gasteiger partial charge in [-0.05, 0) is 38.1 Å². The molecular formula is C14H17F3O3. The van der Waals surface area contributed by atoms with Crippen LogP contribution in [0.25, 0.3) is 0 Å². The van der Waals surface area contributed by atoms with Gasteiger partial charge in [-0.2, -0.15) is 13.2 Å². The van der Waals surface area contributed by atoms with Crippen molar-refractivity contribution in [1.82, 2.24) is 0 Å². The molecule has 6 heteroatoms. The number of ether oxygens (including phenoxy) is 2. The second kappa shape index (κ2) is 7.28. The lowest BCUT2D eigenvalue weighted by molar-refractivity contribution is -0.173. The molecule has 0 aliphatic heterocycles. The SMILES string of the molecule is CC(C)Oc1ccc(C(=O)CCOCC(F)(F)F)cc1. The highest BCUT2D eigenvalue weighted by atomic mass is 19.4. The Morgan fingerprint density at radius 2 is 1.80 bits per heavy atom. The van der Waals surface area contributed by atoms with Gasteiger partial charge in [-0.15, -0.1) is 0 Å². The molecule has 0 amide bonds. The van der Waals surface area contributed by atoms with Gasteiger partial charge in [0.25, 0.3) is 0 Å². The molecule has 0 spiro atoms. The molecule has 0 unspecified atom stereocenters. The standard InChI is InChI=1S/C14H17F3O3/c1-10(2)20-12-5-3-11(4-6-12)13(18)7-8-19-9-14(15,16)17/h3-6,10H,7-9H2,1-2H3. The van der Waals surface area contributed by atoms with Crippen molar-refractivity contribution in [3.05, 3.63) is 29.8 Å². The quantitative estimate of drug-likeness (QED) is 0.568. The molecule has 112 valence electrons. The molecule has 3 nitrogen and oxygen atoms in total. The molecule has 1 aromatic rings. The van der Waals surface area contributed by atoms with Gasteiger partial charge in [-0.25, -0.2) is 0 Å². The van der Waals surface area contributed by atoms with E-state index in [0.717, 1.165) is 0 Å². The van der Waals surface area contributed by atoms with Gasteiger partial charge in [0.15, 0.2) is 5.78 Å². The van der Waals surface area contributed by atoms with Gasteiger partial charge < -0.3 is 9.47 Å². The summed E-state index contributed by atoms with van der Waals surface area (Å²) in [5.41, 5.74) is 0.428. The molecule has 1 rings (SSSR count). The molecule has 0 heterocycles. The lowest BCUT2D eigenvalue weighted by atomic mass is 10.1. The molecule has 0 saturated heterocycles. The summed E-state index contributed by atoms with van der Waals surface area (Å²) in [6, 6.07) is 6.49. The van der Waals surface area contributed by atoms with Crippen LogP contribution in [0.4, 0.5) is 13.2 Å². The van der Waals surface area contributed by atoms with E-state index in [1.165, 1.54) is 0 Å². The fraction of sp³-hybridized carbons (Fsp3) is 0.500. The normalized spacial score (nSPS) is 11.7. The fourth-order valence-corrected chi connectivity index (χ4v) is 1.49. The molecule has 0 radical (unpaired) electrons. The Kier molecular flexibility index (Phi) is 6.01. The Hall–Kier alpha value is -1.56. The molecule has 0 atom stereocenters. The number of carbonyl (C=O) groups is 1. The van der Waals surface area contributed by atoms with Gasteiger partial charge in [0, 0.05) is 12.0 Å². The van der Waals surface area contributed by atoms with Crippen LogP contribution in [0.5, 0.6) is 5.75 Å². The van der Waals surface area contributed by atoms with Crippen LogP contribution in [0.2, 0.25) is 0 Å². The minimum atomic E-state index is -4.36. The van der Waals surface area contributed by atoms with Gasteiger partial charge in [-0.3, -0.25) is 4.79 Å². The predicted molar refractivity (Wildman–Crippen MR) is 68.0 cm³/mol. The molecule has 0 saturated carbocycles. The average Bonchev–Trinajstić information content (AvgIpc) is 2.33. The van der Waals surface area contributed by atoms with Crippen LogP contribution in [-0.4, -0.2) is 31.3 Å². The number of rotatable bonds is 7. The molecule has 0 bridgehead atoms. The first-order valence-electron chi connectivity index (χ1n) is 6.22. The smallest absolute Gasteiger partial charge is 0.411 e. The highest BCUT2D eigenvalue weighted by molar-refractivity contribution is 5.96. The van der Waals surface area contributed by atoms with Crippen molar-refractivity contribution in [3.8, 4) is 5.75 Å². The number of hydrogen-bond acceptors (Lipinski definition) is 3. The van der Waals surface area contributed by atoms with Gasteiger partial charge in [0.1, 0.15) is 12.4 Å². The summed E-state index contributed by atoms with van der Waals surface area (Å²) in [5, 5.41) is 0. The minimum Gasteiger partial charge on any atom is -0.491 e. The van der Waals surface area contributed by atoms with Gasteiger partial charge in [0.05, 0.1) is 12.7 Å². The molecular weight excluding hydrogens is 273 g/mol. The van der Waals surface area contributed by atoms with E-state index in [4.69, 9.17) is 4.74 Å². The van der Waals surface area contributed by atoms with E-state index in [2.05, 4.69) is 4.74 Å². The van der Waals surface area contributed by atoms with E-state index < -0.39 is 12.8 Å². The third kappa shape index (κ3) is 6.56. The van der Waals surface area contributed by atoms with Crippen LogP contribution in [-0.2, 0) is 4.74 Å². The Morgan fingerprint density at radius 3 is 2.30 bits per heavy atom. The summed E-state index contributed by atoms with van der Waals surface area (Å²) in [5.74, 6) is 0.383. The molecule has 0 aliphatic carbocycles. The monoisotopic (exact) mass is 290 g/mol. The highest BCUT2D eigenvalue weighted by Gasteiger charge is 2.27. The van der Waals surface area contributed by atoms with Crippen LogP contribution in [0.3, 0.4) is 0 Å². The number of benzene rings is 1. The average molecular weight is 290 g/mol. The van der Waals surface area contributed by atoms with Crippen molar-refractivity contribution >= 4 is 5.78 Å². The van der Waals surface area contributed by atoms with Gasteiger partial charge in [-0.1, -0.05) is 0 Å². The number of alkyl halides is 3. The number of Topliss-reactive ketones (excluding diaryl/α,β-unsaturated/α-hetero) is 1. The number of ketones is 1. The highest BCUT2D eigenvalue weighted by Crippen LogP contribution is 2.16. The molecule has 0 N–H and O–H groups in total. The zero-order valence-electron chi connectivity index (χ0n) is 11.4. The second-order valence-corrected chi connectivity index (χ2v) is 4.53. The fourth-order valence-electron chi connectivity index (χ4n) is 1.49. The second-order valence-electron chi connectivity index (χ2n) is 4.53. The van der Waals surface area contributed by atoms with Gasteiger partial charge >= 0.3 is 6.18 Å². The van der Waals surface area contributed by atoms with E-state index in [1.807, 2.05) is 13.8 Å². The van der Waals surface area contributed by atoms with Crippen molar-refractivity contribution in [1.29, 1.82) is 0 Å². The first-order chi connectivity index (χ1) is 9.28. The van der Waals surface area contributed by atoms with E-state index in [1.54, 1.807) is 24.3 Å². The Balaban J connectivity index is 2.40. The summed E-state index contributed by atoms with van der Waals surface area (Å²) in [7, 11) is 0. The zero-order chi connectivity index (χ0) is 15.2. The topological polar surface area (TPSA) is 35.5 Å². The van der Waals surface area contributed by atoms with Gasteiger partial charge in [0.2, 0.25) is 0 Å². The lowest BCUT2D eigenvalue weighted by Gasteiger charge is -2.10. The molecule has 0 aliphatic rings. The first-order valence-corrected chi connectivity index (χ1v) is 6.22. The first kappa shape index (κ1) is 16.5. The summed E-state index contributed by atoms with van der Waals surface area (Å²) in [4.78, 5) is 11.7. The van der Waals surface area contributed by atoms with E-state index in [9.17, 15) is 18.0 Å². The number of carbonyl (C=O) groups excluding carboxylic acids is 1. The molecule has 0 fully saturated rings. The third-order valence-electron chi connectivity index (χ3n) is 2.29. The van der Waals surface area contributed by atoms with Crippen molar-refractivity contribution in [2.24, 2.45) is 0 Å². The van der Waals surface area contributed by atoms with Crippen LogP contribution < -0.4 is 4.74 Å². The van der Waals surface area contributed by atoms with E-state index in [-0.39, 0.29) is 24.9 Å². The minimum absolute atomic E-state index is 0.0346. The number of halogens is 3. The van der Waals surface area contributed by atoms with Crippen LogP contribution in [0.1, 0.15) is 30.6 Å². The van der Waals surface area contributed by atoms with E-state index >= 15 is 0 Å². The maximum absolute atomic E-state index is 11.8. The summed E-state index contributed by atoms with van der Waals surface area (Å²) in [6.45, 7) is 2.19. The Morgan fingerprint density at radius 1 is 1.20 bits per heavy atom. The predicted octanol–water partition coefficient (Wildman–Crippen LogP) is 3.63. The lowest BCUT2D eigenvalue weighted by Crippen LogP contribution is -2.18. The van der Waals surface area contributed by atoms with Crippen molar-refractivity contribution in [2.45, 2.75) is 32.5 Å².